The molecule has 0 saturated carbocycles. The van der Waals surface area contributed by atoms with Crippen LogP contribution in [0.4, 0.5) is 17.6 Å². The second-order valence-corrected chi connectivity index (χ2v) is 13.8. The van der Waals surface area contributed by atoms with Crippen LogP contribution < -0.4 is 4.43 Å². The third kappa shape index (κ3) is 7.59. The lowest BCUT2D eigenvalue weighted by atomic mass is 9.96. The highest BCUT2D eigenvalue weighted by Gasteiger charge is 2.43. The first-order chi connectivity index (χ1) is 15.7. The van der Waals surface area contributed by atoms with Gasteiger partial charge >= 0.3 is 0 Å². The molecule has 0 spiro atoms. The van der Waals surface area contributed by atoms with E-state index >= 15 is 0 Å². The number of halogens is 4. The lowest BCUT2D eigenvalue weighted by molar-refractivity contribution is 0.373. The molecule has 0 aliphatic heterocycles. The van der Waals surface area contributed by atoms with Gasteiger partial charge in [-0.2, -0.15) is 8.78 Å². The molecule has 0 N–H and O–H groups in total. The number of benzene rings is 2. The lowest BCUT2D eigenvalue weighted by Crippen LogP contribution is -2.48. The molecule has 0 aliphatic carbocycles. The zero-order valence-electron chi connectivity index (χ0n) is 20.4. The third-order valence-electron chi connectivity index (χ3n) is 6.79. The van der Waals surface area contributed by atoms with Crippen LogP contribution in [0.25, 0.3) is 0 Å². The van der Waals surface area contributed by atoms with Gasteiger partial charge in [0.1, 0.15) is 0 Å². The van der Waals surface area contributed by atoms with Gasteiger partial charge in [0.15, 0.2) is 17.4 Å². The highest BCUT2D eigenvalue weighted by Crippen LogP contribution is 2.38. The first-order valence-corrected chi connectivity index (χ1v) is 14.7. The number of hydrogen-bond acceptors (Lipinski definition) is 1. The van der Waals surface area contributed by atoms with E-state index in [1.807, 2.05) is 44.2 Å². The van der Waals surface area contributed by atoms with Gasteiger partial charge in [-0.05, 0) is 29.5 Å². The molecular weight excluding hydrogens is 444 g/mol. The van der Waals surface area contributed by atoms with Gasteiger partial charge in [0.25, 0.3) is 8.32 Å². The molecule has 0 heterocycles. The van der Waals surface area contributed by atoms with E-state index in [-0.39, 0.29) is 11.6 Å². The fraction of sp³-hybridized carbons (Fsp3) is 0.556. The van der Waals surface area contributed by atoms with Crippen LogP contribution >= 0.6 is 0 Å². The summed E-state index contributed by atoms with van der Waals surface area (Å²) in [6.07, 6.45) is 7.80. The Morgan fingerprint density at radius 2 is 1.48 bits per heavy atom. The van der Waals surface area contributed by atoms with Gasteiger partial charge in [-0.25, -0.2) is 8.78 Å². The summed E-state index contributed by atoms with van der Waals surface area (Å²) in [5.41, 5.74) is 0.993. The molecule has 2 rings (SSSR count). The Hall–Kier alpha value is -1.82. The summed E-state index contributed by atoms with van der Waals surface area (Å²) >= 11 is 0. The Labute approximate surface area is 197 Å². The van der Waals surface area contributed by atoms with E-state index in [1.54, 1.807) is 0 Å². The topological polar surface area (TPSA) is 9.23 Å². The minimum Gasteiger partial charge on any atom is -0.539 e. The van der Waals surface area contributed by atoms with Crippen molar-refractivity contribution in [3.05, 3.63) is 65.2 Å². The van der Waals surface area contributed by atoms with Gasteiger partial charge < -0.3 is 4.43 Å². The Kier molecular flexibility index (Phi) is 10.9. The Balaban J connectivity index is 2.36. The number of unbranched alkanes of at least 4 members (excludes halogenated alkanes) is 3. The van der Waals surface area contributed by atoms with Crippen molar-refractivity contribution in [3.63, 3.8) is 0 Å². The van der Waals surface area contributed by atoms with Gasteiger partial charge in [-0.1, -0.05) is 96.6 Å². The van der Waals surface area contributed by atoms with Gasteiger partial charge in [0.2, 0.25) is 11.6 Å². The highest BCUT2D eigenvalue weighted by atomic mass is 28.4. The maximum atomic E-state index is 14.6. The van der Waals surface area contributed by atoms with Gasteiger partial charge in [0, 0.05) is 12.1 Å². The molecule has 2 unspecified atom stereocenters. The molecule has 0 saturated heterocycles. The van der Waals surface area contributed by atoms with E-state index in [2.05, 4.69) is 13.8 Å². The molecule has 1 nitrogen and oxygen atoms in total. The van der Waals surface area contributed by atoms with Crippen LogP contribution in [-0.2, 0) is 6.04 Å². The first-order valence-electron chi connectivity index (χ1n) is 12.3. The number of hydrogen-bond donors (Lipinski definition) is 0. The Morgan fingerprint density at radius 3 is 2.03 bits per heavy atom. The van der Waals surface area contributed by atoms with Gasteiger partial charge in [-0.3, -0.25) is 0 Å². The number of rotatable bonds is 14. The normalized spacial score (nSPS) is 14.3. The van der Waals surface area contributed by atoms with E-state index in [9.17, 15) is 17.6 Å². The summed E-state index contributed by atoms with van der Waals surface area (Å²) in [5.74, 6) is -6.18. The zero-order chi connectivity index (χ0) is 24.4. The van der Waals surface area contributed by atoms with E-state index < -0.39 is 37.3 Å². The van der Waals surface area contributed by atoms with Crippen LogP contribution in [0, 0.1) is 29.2 Å². The second-order valence-electron chi connectivity index (χ2n) is 9.44. The Morgan fingerprint density at radius 1 is 0.848 bits per heavy atom. The Bertz CT molecular complexity index is 833. The SMILES string of the molecule is CCCCCCC(CC)CC[Si](Cc1ccccc1)(Oc1c(F)c(F)cc(F)c1F)C(C)C. The van der Waals surface area contributed by atoms with Crippen LogP contribution in [0.5, 0.6) is 5.75 Å². The van der Waals surface area contributed by atoms with Gasteiger partial charge in [0.05, 0.1) is 0 Å². The van der Waals surface area contributed by atoms with Crippen LogP contribution in [0.3, 0.4) is 0 Å². The molecular formula is C27H38F4OSi. The van der Waals surface area contributed by atoms with Crippen LogP contribution in [-0.4, -0.2) is 8.32 Å². The standard InChI is InChI=1S/C27H38F4OSi/c1-5-7-8-10-13-21(6-2)16-17-33(20(3)4,19-22-14-11-9-12-15-22)32-27-25(30)23(28)18-24(29)26(27)31/h9,11-12,14-15,18,20-21H,5-8,10,13,16-17,19H2,1-4H3. The summed E-state index contributed by atoms with van der Waals surface area (Å²) in [5, 5.41) is 0. The maximum absolute atomic E-state index is 14.6. The van der Waals surface area contributed by atoms with Gasteiger partial charge in [-0.15, -0.1) is 0 Å². The average Bonchev–Trinajstić information content (AvgIpc) is 2.80. The van der Waals surface area contributed by atoms with Crippen LogP contribution in [0.2, 0.25) is 11.6 Å². The maximum Gasteiger partial charge on any atom is 0.258 e. The summed E-state index contributed by atoms with van der Waals surface area (Å²) in [6, 6.07) is 11.1. The van der Waals surface area contributed by atoms with E-state index in [0.29, 0.717) is 18.0 Å². The average molecular weight is 483 g/mol. The van der Waals surface area contributed by atoms with Crippen molar-refractivity contribution in [1.29, 1.82) is 0 Å². The molecule has 184 valence electrons. The minimum atomic E-state index is -2.91. The predicted molar refractivity (Wildman–Crippen MR) is 130 cm³/mol. The fourth-order valence-electron chi connectivity index (χ4n) is 4.43. The molecule has 0 aromatic heterocycles. The molecule has 0 bridgehead atoms. The lowest BCUT2D eigenvalue weighted by Gasteiger charge is -2.37. The molecule has 6 heteroatoms. The molecule has 2 aromatic carbocycles. The predicted octanol–water partition coefficient (Wildman–Crippen LogP) is 9.15. The van der Waals surface area contributed by atoms with E-state index in [0.717, 1.165) is 24.8 Å². The smallest absolute Gasteiger partial charge is 0.258 e. The van der Waals surface area contributed by atoms with E-state index in [4.69, 9.17) is 4.43 Å². The molecule has 0 fully saturated rings. The van der Waals surface area contributed by atoms with E-state index in [1.165, 1.54) is 25.7 Å². The highest BCUT2D eigenvalue weighted by molar-refractivity contribution is 6.75. The molecule has 0 radical (unpaired) electrons. The molecule has 33 heavy (non-hydrogen) atoms. The zero-order valence-corrected chi connectivity index (χ0v) is 21.4. The van der Waals surface area contributed by atoms with Crippen molar-refractivity contribution in [2.24, 2.45) is 5.92 Å². The van der Waals surface area contributed by atoms with Crippen molar-refractivity contribution in [3.8, 4) is 5.75 Å². The summed E-state index contributed by atoms with van der Waals surface area (Å²) < 4.78 is 63.2. The fourth-order valence-corrected chi connectivity index (χ4v) is 8.41. The van der Waals surface area contributed by atoms with Crippen molar-refractivity contribution in [2.75, 3.05) is 0 Å². The monoisotopic (exact) mass is 482 g/mol. The summed E-state index contributed by atoms with van der Waals surface area (Å²) in [7, 11) is -2.91. The molecule has 0 aliphatic rings. The summed E-state index contributed by atoms with van der Waals surface area (Å²) in [6.45, 7) is 8.34. The second kappa shape index (κ2) is 13.2. The van der Waals surface area contributed by atoms with Crippen LogP contribution in [0.1, 0.15) is 78.2 Å². The first kappa shape index (κ1) is 27.4. The van der Waals surface area contributed by atoms with Crippen molar-refractivity contribution >= 4 is 8.32 Å². The van der Waals surface area contributed by atoms with Crippen molar-refractivity contribution in [1.82, 2.24) is 0 Å². The van der Waals surface area contributed by atoms with Crippen LogP contribution in [0.15, 0.2) is 36.4 Å². The van der Waals surface area contributed by atoms with Crippen molar-refractivity contribution < 1.29 is 22.0 Å². The minimum absolute atomic E-state index is 0.0135. The quantitative estimate of drug-likeness (QED) is 0.113. The summed E-state index contributed by atoms with van der Waals surface area (Å²) in [4.78, 5) is 0. The molecule has 2 aromatic rings. The molecule has 0 amide bonds. The third-order valence-corrected chi connectivity index (χ3v) is 11.7. The van der Waals surface area contributed by atoms with Crippen molar-refractivity contribution in [2.45, 2.75) is 90.3 Å². The molecule has 2 atom stereocenters. The largest absolute Gasteiger partial charge is 0.539 e.